The van der Waals surface area contributed by atoms with Crippen LogP contribution >= 0.6 is 0 Å². The van der Waals surface area contributed by atoms with E-state index in [2.05, 4.69) is 20.8 Å². The van der Waals surface area contributed by atoms with Crippen molar-refractivity contribution in [1.29, 1.82) is 0 Å². The Bertz CT molecular complexity index is 222. The fraction of sp³-hybridized carbons (Fsp3) is 1.00. The van der Waals surface area contributed by atoms with Crippen molar-refractivity contribution in [3.05, 3.63) is 10.4 Å². The van der Waals surface area contributed by atoms with Crippen LogP contribution in [-0.4, -0.2) is 58.0 Å². The van der Waals surface area contributed by atoms with Crippen molar-refractivity contribution < 1.29 is 25.3 Å². The molecule has 0 aromatic heterocycles. The summed E-state index contributed by atoms with van der Waals surface area (Å²) >= 11 is 0. The maximum absolute atomic E-state index is 9.27. The lowest BCUT2D eigenvalue weighted by molar-refractivity contribution is -0.119. The first-order valence-corrected chi connectivity index (χ1v) is 4.09. The summed E-state index contributed by atoms with van der Waals surface area (Å²) < 4.78 is 0. The van der Waals surface area contributed by atoms with Crippen molar-refractivity contribution in [2.24, 2.45) is 11.0 Å². The van der Waals surface area contributed by atoms with Gasteiger partial charge in [0.25, 0.3) is 0 Å². The number of hydrogen-bond acceptors (Lipinski definition) is 7. The van der Waals surface area contributed by atoms with Crippen molar-refractivity contribution in [2.75, 3.05) is 13.2 Å². The highest BCUT2D eigenvalue weighted by Gasteiger charge is 2.29. The number of aliphatic hydroxyl groups is 4. The lowest BCUT2D eigenvalue weighted by Crippen LogP contribution is -2.47. The average molecular weight is 222 g/mol. The van der Waals surface area contributed by atoms with E-state index in [1.807, 2.05) is 0 Å². The first-order valence-electron chi connectivity index (χ1n) is 4.09. The third-order valence-corrected chi connectivity index (χ3v) is 1.74. The van der Waals surface area contributed by atoms with Crippen LogP contribution in [0.1, 0.15) is 0 Å². The summed E-state index contributed by atoms with van der Waals surface area (Å²) in [6.07, 6.45) is -6.20. The molecule has 0 aliphatic rings. The summed E-state index contributed by atoms with van der Waals surface area (Å²) in [5, 5.41) is 39.8. The molecule has 0 saturated heterocycles. The monoisotopic (exact) mass is 222 g/mol. The molecule has 0 saturated carbocycles. The van der Waals surface area contributed by atoms with Crippen LogP contribution in [0.15, 0.2) is 5.11 Å². The minimum atomic E-state index is -1.65. The molecule has 0 spiro atoms. The van der Waals surface area contributed by atoms with Crippen LogP contribution in [0.4, 0.5) is 0 Å². The average Bonchev–Trinajstić information content (AvgIpc) is 2.24. The molecular weight excluding hydrogens is 208 g/mol. The quantitative estimate of drug-likeness (QED) is 0.140. The third kappa shape index (κ3) is 4.91. The minimum Gasteiger partial charge on any atom is -0.390 e. The molecule has 9 nitrogen and oxygen atoms in total. The molecule has 88 valence electrons. The van der Waals surface area contributed by atoms with Gasteiger partial charge in [-0.2, -0.15) is 0 Å². The zero-order valence-corrected chi connectivity index (χ0v) is 7.84. The smallest absolute Gasteiger partial charge is 0.111 e. The van der Waals surface area contributed by atoms with Gasteiger partial charge in [-0.1, -0.05) is 5.11 Å². The molecule has 0 rings (SSSR count). The highest BCUT2D eigenvalue weighted by molar-refractivity contribution is 4.81. The second kappa shape index (κ2) is 7.37. The predicted octanol–water partition coefficient (Wildman–Crippen LogP) is -2.37. The molecule has 0 fully saturated rings. The van der Waals surface area contributed by atoms with E-state index in [4.69, 9.17) is 10.6 Å². The van der Waals surface area contributed by atoms with Gasteiger partial charge in [0.05, 0.1) is 19.3 Å². The maximum atomic E-state index is 9.27. The van der Waals surface area contributed by atoms with Crippen molar-refractivity contribution >= 4 is 0 Å². The Kier molecular flexibility index (Phi) is 6.92. The number of hydrogen-bond donors (Lipinski definition) is 5. The summed E-state index contributed by atoms with van der Waals surface area (Å²) in [5.74, 6) is 4.64. The molecule has 0 bridgehead atoms. The van der Waals surface area contributed by atoms with Gasteiger partial charge in [0.15, 0.2) is 0 Å². The topological polar surface area (TPSA) is 165 Å². The van der Waals surface area contributed by atoms with Gasteiger partial charge in [0, 0.05) is 4.91 Å². The lowest BCUT2D eigenvalue weighted by Gasteiger charge is -2.25. The van der Waals surface area contributed by atoms with Crippen LogP contribution in [0, 0.1) is 0 Å². The Hall–Kier alpha value is -0.930. The Morgan fingerprint density at radius 2 is 1.73 bits per heavy atom. The van der Waals surface area contributed by atoms with Crippen molar-refractivity contribution in [3.63, 3.8) is 0 Å². The van der Waals surface area contributed by atoms with E-state index in [1.165, 1.54) is 0 Å². The van der Waals surface area contributed by atoms with Crippen LogP contribution in [0.2, 0.25) is 0 Å². The number of rotatable bonds is 7. The fourth-order valence-electron chi connectivity index (χ4n) is 0.881. The van der Waals surface area contributed by atoms with E-state index in [1.54, 1.807) is 0 Å². The van der Waals surface area contributed by atoms with Gasteiger partial charge in [0.1, 0.15) is 18.3 Å². The van der Waals surface area contributed by atoms with Crippen LogP contribution in [0.3, 0.4) is 0 Å². The van der Waals surface area contributed by atoms with Crippen LogP contribution in [0.25, 0.3) is 10.4 Å². The van der Waals surface area contributed by atoms with E-state index in [9.17, 15) is 15.3 Å². The first kappa shape index (κ1) is 14.1. The van der Waals surface area contributed by atoms with Crippen LogP contribution in [0.5, 0.6) is 0 Å². The van der Waals surface area contributed by atoms with E-state index in [0.717, 1.165) is 0 Å². The maximum Gasteiger partial charge on any atom is 0.111 e. The zero-order chi connectivity index (χ0) is 11.8. The number of aliphatic hydroxyl groups excluding tert-OH is 4. The molecule has 0 unspecified atom stereocenters. The molecule has 0 aromatic carbocycles. The van der Waals surface area contributed by atoms with E-state index in [0.29, 0.717) is 0 Å². The van der Waals surface area contributed by atoms with E-state index in [-0.39, 0.29) is 0 Å². The molecule has 4 atom stereocenters. The molecule has 0 amide bonds. The van der Waals surface area contributed by atoms with Gasteiger partial charge in [-0.3, -0.25) is 0 Å². The summed E-state index contributed by atoms with van der Waals surface area (Å²) in [6.45, 7) is -0.808. The zero-order valence-electron chi connectivity index (χ0n) is 7.84. The number of azide groups is 1. The Balaban J connectivity index is 4.16. The van der Waals surface area contributed by atoms with Gasteiger partial charge in [-0.25, -0.2) is 5.90 Å². The third-order valence-electron chi connectivity index (χ3n) is 1.74. The summed E-state index contributed by atoms with van der Waals surface area (Å²) in [6, 6.07) is 0. The van der Waals surface area contributed by atoms with Gasteiger partial charge >= 0.3 is 0 Å². The Morgan fingerprint density at radius 1 is 1.20 bits per heavy atom. The molecule has 0 radical (unpaired) electrons. The number of nitrogens with zero attached hydrogens (tertiary/aromatic N) is 3. The fourth-order valence-corrected chi connectivity index (χ4v) is 0.881. The molecule has 0 aliphatic carbocycles. The molecule has 0 aromatic rings. The van der Waals surface area contributed by atoms with Gasteiger partial charge in [-0.05, 0) is 5.53 Å². The van der Waals surface area contributed by atoms with Gasteiger partial charge < -0.3 is 25.3 Å². The van der Waals surface area contributed by atoms with Gasteiger partial charge in [-0.15, -0.1) is 0 Å². The second-order valence-corrected chi connectivity index (χ2v) is 2.86. The molecule has 0 heterocycles. The van der Waals surface area contributed by atoms with Crippen molar-refractivity contribution in [1.82, 2.24) is 0 Å². The molecule has 0 aliphatic heterocycles. The standard InChI is InChI=1S/C6H14N4O5/c7-10-9-1-3(11)5(13)6(14)4(12)2-15-8/h3-6,11-14H,1-2,8H2/t3-,4-,5-,6-/m1/s1. The lowest BCUT2D eigenvalue weighted by atomic mass is 10.0. The van der Waals surface area contributed by atoms with E-state index >= 15 is 0 Å². The second-order valence-electron chi connectivity index (χ2n) is 2.86. The molecule has 9 heteroatoms. The SMILES string of the molecule is [N-]=[N+]=NC[C@@H](O)[C@@H](O)[C@H](O)[C@H](O)CON. The minimum absolute atomic E-state index is 0.396. The normalized spacial score (nSPS) is 18.7. The first-order chi connectivity index (χ1) is 7.04. The largest absolute Gasteiger partial charge is 0.390 e. The molecular formula is C6H14N4O5. The van der Waals surface area contributed by atoms with Crippen molar-refractivity contribution in [2.45, 2.75) is 24.4 Å². The highest BCUT2D eigenvalue weighted by atomic mass is 16.6. The molecule has 6 N–H and O–H groups in total. The van der Waals surface area contributed by atoms with Crippen LogP contribution < -0.4 is 5.90 Å². The van der Waals surface area contributed by atoms with Crippen LogP contribution in [-0.2, 0) is 4.84 Å². The summed E-state index contributed by atoms with van der Waals surface area (Å²) in [7, 11) is 0. The van der Waals surface area contributed by atoms with Gasteiger partial charge in [0.2, 0.25) is 0 Å². The number of nitrogens with two attached hydrogens (primary N) is 1. The summed E-state index contributed by atoms with van der Waals surface area (Å²) in [5.41, 5.74) is 7.95. The Morgan fingerprint density at radius 3 is 2.20 bits per heavy atom. The molecule has 15 heavy (non-hydrogen) atoms. The predicted molar refractivity (Wildman–Crippen MR) is 48.2 cm³/mol. The Labute approximate surface area is 85.3 Å². The summed E-state index contributed by atoms with van der Waals surface area (Å²) in [4.78, 5) is 6.41. The highest BCUT2D eigenvalue weighted by Crippen LogP contribution is 2.05. The van der Waals surface area contributed by atoms with E-state index < -0.39 is 37.6 Å². The van der Waals surface area contributed by atoms with Crippen molar-refractivity contribution in [3.8, 4) is 0 Å².